The van der Waals surface area contributed by atoms with Crippen molar-refractivity contribution >= 4 is 22.1 Å². The quantitative estimate of drug-likeness (QED) is 0.150. The third-order valence-corrected chi connectivity index (χ3v) is 12.8. The van der Waals surface area contributed by atoms with E-state index in [1.807, 2.05) is 24.3 Å². The molecule has 5 heteroatoms. The van der Waals surface area contributed by atoms with Crippen LogP contribution < -0.4 is 0 Å². The first-order valence-electron chi connectivity index (χ1n) is 28.9. The molecule has 2 aliphatic rings. The fourth-order valence-corrected chi connectivity index (χ4v) is 10.6. The molecular weight excluding hydrogens is 971 g/mol. The van der Waals surface area contributed by atoms with Crippen LogP contribution in [0, 0.1) is 58.3 Å². The van der Waals surface area contributed by atoms with Crippen molar-refractivity contribution < 1.29 is 39.6 Å². The summed E-state index contributed by atoms with van der Waals surface area (Å²) in [6.45, 7) is 20.5. The van der Waals surface area contributed by atoms with E-state index in [1.54, 1.807) is 72.0 Å². The monoisotopic (exact) mass is 1060 g/mol. The summed E-state index contributed by atoms with van der Waals surface area (Å²) in [5.74, 6) is -0.647. The van der Waals surface area contributed by atoms with Crippen LogP contribution in [-0.2, 0) is 32.9 Å². The normalized spacial score (nSPS) is 20.7. The number of aromatic nitrogens is 3. The molecule has 0 unspecified atom stereocenters. The van der Waals surface area contributed by atoms with Crippen molar-refractivity contribution in [3.63, 3.8) is 0 Å². The average Bonchev–Trinajstić information content (AvgIpc) is 3.67. The van der Waals surface area contributed by atoms with E-state index in [1.165, 1.54) is 56.9 Å². The Labute approximate surface area is 422 Å². The third-order valence-electron chi connectivity index (χ3n) is 12.8. The maximum absolute atomic E-state index is 9.64. The van der Waals surface area contributed by atoms with Gasteiger partial charge in [-0.3, -0.25) is 0 Å². The van der Waals surface area contributed by atoms with Gasteiger partial charge in [0.2, 0.25) is 5.71 Å². The Morgan fingerprint density at radius 1 is 0.708 bits per heavy atom. The van der Waals surface area contributed by atoms with E-state index in [9.17, 15) is 1.37 Å². The Kier molecular flexibility index (Phi) is 11.2. The molecule has 4 heterocycles. The van der Waals surface area contributed by atoms with Crippen LogP contribution in [0.2, 0.25) is 0 Å². The Hall–Kier alpha value is -3.66. The number of fused-ring (bicyclic) bond motifs is 3. The molecule has 351 valence electrons. The molecule has 0 aliphatic heterocycles. The molecule has 0 bridgehead atoms. The van der Waals surface area contributed by atoms with E-state index in [0.717, 1.165) is 42.0 Å². The fraction of sp³-hybridized carbons (Fsp3) is 0.550. The molecule has 0 amide bonds. The summed E-state index contributed by atoms with van der Waals surface area (Å²) in [7, 11) is 0. The van der Waals surface area contributed by atoms with Crippen molar-refractivity contribution in [3.8, 4) is 22.5 Å². The minimum absolute atomic E-state index is 0. The van der Waals surface area contributed by atoms with E-state index in [2.05, 4.69) is 68.6 Å². The van der Waals surface area contributed by atoms with Gasteiger partial charge in [-0.15, -0.1) is 53.6 Å². The van der Waals surface area contributed by atoms with Gasteiger partial charge >= 0.3 is 0 Å². The molecule has 1 radical (unpaired) electrons. The number of rotatable bonds is 7. The van der Waals surface area contributed by atoms with E-state index in [0.29, 0.717) is 55.5 Å². The Balaban J connectivity index is 0.000000265. The topological polar surface area (TPSA) is 51.8 Å². The summed E-state index contributed by atoms with van der Waals surface area (Å²) >= 11 is 0. The van der Waals surface area contributed by atoms with E-state index in [4.69, 9.17) is 18.1 Å². The second-order valence-electron chi connectivity index (χ2n) is 23.6. The maximum Gasteiger partial charge on any atom is 0.216 e. The first-order chi connectivity index (χ1) is 34.2. The Bertz CT molecular complexity index is 2970. The number of benzene rings is 2. The zero-order chi connectivity index (χ0) is 55.8. The van der Waals surface area contributed by atoms with Crippen molar-refractivity contribution in [2.45, 2.75) is 180 Å². The van der Waals surface area contributed by atoms with Crippen LogP contribution in [0.1, 0.15) is 196 Å². The zero-order valence-corrected chi connectivity index (χ0v) is 43.5. The minimum Gasteiger partial charge on any atom is -0.486 e. The van der Waals surface area contributed by atoms with Crippen LogP contribution in [0.5, 0.6) is 0 Å². The number of hydrogen-bond donors (Lipinski definition) is 0. The van der Waals surface area contributed by atoms with Gasteiger partial charge in [0.05, 0.1) is 5.58 Å². The van der Waals surface area contributed by atoms with Crippen molar-refractivity contribution in [1.29, 1.82) is 0 Å². The number of hydrogen-bond acceptors (Lipinski definition) is 4. The molecular formula is C60H79IrN3O-2. The molecule has 1 spiro atoms. The SMILES string of the molecule is [2H]C([2H])([2H])c1c[c-]c(-c2cc(C([2H])([2H])C(C)(C)C)c(C([2H])([2H])C(C)(C)C)cn2)cc1.[2H]C([2H])([2H])c1ccc2c(n1)oc1c(-c3cc(C4([2H])CCC5(CCC(CC(C)(C)C)(CC(C)(C)C)CC5)CC4)ccn3)[c-]ccc12.[Ir]. The van der Waals surface area contributed by atoms with Gasteiger partial charge in [-0.05, 0) is 163 Å². The van der Waals surface area contributed by atoms with Crippen molar-refractivity contribution in [2.24, 2.45) is 32.5 Å². The molecule has 0 N–H and O–H groups in total. The molecule has 0 saturated heterocycles. The van der Waals surface area contributed by atoms with Crippen LogP contribution >= 0.6 is 0 Å². The molecule has 2 aromatic carbocycles. The molecule has 4 aromatic heterocycles. The van der Waals surface area contributed by atoms with Crippen molar-refractivity contribution in [3.05, 3.63) is 113 Å². The fourth-order valence-electron chi connectivity index (χ4n) is 10.6. The summed E-state index contributed by atoms with van der Waals surface area (Å²) in [4.78, 5) is 13.4. The van der Waals surface area contributed by atoms with Crippen molar-refractivity contribution in [1.82, 2.24) is 15.0 Å². The molecule has 2 fully saturated rings. The van der Waals surface area contributed by atoms with E-state index >= 15 is 0 Å². The second kappa shape index (κ2) is 19.5. The molecule has 0 atom stereocenters. The predicted octanol–water partition coefficient (Wildman–Crippen LogP) is 17.3. The maximum atomic E-state index is 9.64. The van der Waals surface area contributed by atoms with Crippen LogP contribution in [0.25, 0.3) is 44.6 Å². The third kappa shape index (κ3) is 13.3. The average molecular weight is 1060 g/mol. The van der Waals surface area contributed by atoms with Crippen LogP contribution in [0.15, 0.2) is 77.5 Å². The molecule has 8 rings (SSSR count). The van der Waals surface area contributed by atoms with Gasteiger partial charge in [-0.2, -0.15) is 0 Å². The molecule has 2 saturated carbocycles. The van der Waals surface area contributed by atoms with Gasteiger partial charge in [0.25, 0.3) is 0 Å². The number of furan rings is 1. The van der Waals surface area contributed by atoms with Gasteiger partial charge in [0.1, 0.15) is 0 Å². The van der Waals surface area contributed by atoms with Gasteiger partial charge in [-0.25, -0.2) is 4.98 Å². The van der Waals surface area contributed by atoms with E-state index < -0.39 is 43.2 Å². The first-order valence-corrected chi connectivity index (χ1v) is 23.4. The summed E-state index contributed by atoms with van der Waals surface area (Å²) in [6, 6.07) is 23.4. The van der Waals surface area contributed by atoms with Gasteiger partial charge in [0, 0.05) is 58.7 Å². The largest absolute Gasteiger partial charge is 0.486 e. The summed E-state index contributed by atoms with van der Waals surface area (Å²) < 4.78 is 96.5. The molecule has 65 heavy (non-hydrogen) atoms. The standard InChI is InChI=1S/C38H49N2O.C22H30N.Ir/c1-26-11-12-30-29-9-8-10-31(33(29)41-34(30)40-26)32-23-28(15-22-39-32)27-13-16-37(17-14-27)18-20-38(21-19-37,24-35(2,3)4)25-36(5,6)7;1-16-8-10-17(11-9-16)20-12-18(13-21(2,3)4)19(15-23-20)14-22(5,6)7;/h8-9,11-12,15,22-23,27H,13-14,16-21,24-25H2,1-7H3;8-10,12,15H,13-14H2,1-7H3;/q2*-1;/i1D3,27D;1D3,13D2,14D2;. The second-order valence-corrected chi connectivity index (χ2v) is 23.6. The number of pyridine rings is 3. The van der Waals surface area contributed by atoms with Crippen LogP contribution in [0.4, 0.5) is 0 Å². The van der Waals surface area contributed by atoms with Gasteiger partial charge in [0.15, 0.2) is 0 Å². The van der Waals surface area contributed by atoms with Crippen LogP contribution in [-0.4, -0.2) is 15.0 Å². The Morgan fingerprint density at radius 2 is 1.38 bits per heavy atom. The van der Waals surface area contributed by atoms with Gasteiger partial charge < -0.3 is 14.4 Å². The summed E-state index contributed by atoms with van der Waals surface area (Å²) in [5.41, 5.74) is 4.79. The first kappa shape index (κ1) is 37.3. The summed E-state index contributed by atoms with van der Waals surface area (Å²) in [5, 5.41) is 1.61. The van der Waals surface area contributed by atoms with Crippen molar-refractivity contribution in [2.75, 3.05) is 0 Å². The summed E-state index contributed by atoms with van der Waals surface area (Å²) in [6.07, 6.45) is 11.3. The predicted molar refractivity (Wildman–Crippen MR) is 271 cm³/mol. The zero-order valence-electron chi connectivity index (χ0n) is 52.1. The molecule has 2 aliphatic carbocycles. The van der Waals surface area contributed by atoms with Crippen LogP contribution in [0.3, 0.4) is 0 Å². The number of aryl methyl sites for hydroxylation is 2. The number of nitrogens with zero attached hydrogens (tertiary/aromatic N) is 3. The smallest absolute Gasteiger partial charge is 0.216 e. The minimum atomic E-state index is -2.31. The Morgan fingerprint density at radius 3 is 1.98 bits per heavy atom. The molecule has 6 aromatic rings. The van der Waals surface area contributed by atoms with Gasteiger partial charge in [-0.1, -0.05) is 119 Å². The molecule has 4 nitrogen and oxygen atoms in total. The van der Waals surface area contributed by atoms with E-state index in [-0.39, 0.29) is 42.5 Å².